The van der Waals surface area contributed by atoms with Crippen molar-refractivity contribution in [2.75, 3.05) is 19.6 Å². The molecule has 25 heavy (non-hydrogen) atoms. The molecule has 0 fully saturated rings. The predicted octanol–water partition coefficient (Wildman–Crippen LogP) is -4.50. The summed E-state index contributed by atoms with van der Waals surface area (Å²) in [6.45, 7) is 3.68. The van der Waals surface area contributed by atoms with Crippen LogP contribution in [0.1, 0.15) is 84.0 Å². The first-order chi connectivity index (χ1) is 11.1. The molecule has 0 atom stereocenters. The van der Waals surface area contributed by atoms with Gasteiger partial charge in [-0.2, -0.15) is 0 Å². The monoisotopic (exact) mass is 373 g/mol. The molecule has 0 spiro atoms. The molecule has 0 saturated carbocycles. The van der Waals surface area contributed by atoms with Crippen molar-refractivity contribution in [3.8, 4) is 0 Å². The van der Waals surface area contributed by atoms with Crippen LogP contribution in [-0.2, 0) is 9.59 Å². The number of unbranched alkanes of at least 4 members (excludes halogenated alkanes) is 9. The van der Waals surface area contributed by atoms with E-state index in [4.69, 9.17) is 0 Å². The number of carboxylic acid groups (broad SMARTS) is 2. The Morgan fingerprint density at radius 1 is 0.640 bits per heavy atom. The zero-order chi connectivity index (χ0) is 17.3. The van der Waals surface area contributed by atoms with Crippen LogP contribution in [0.3, 0.4) is 0 Å². The van der Waals surface area contributed by atoms with Crippen molar-refractivity contribution < 1.29 is 78.9 Å². The van der Waals surface area contributed by atoms with Gasteiger partial charge in [-0.15, -0.1) is 0 Å². The molecule has 0 aromatic rings. The van der Waals surface area contributed by atoms with E-state index in [2.05, 4.69) is 6.92 Å². The molecule has 0 unspecified atom stereocenters. The molecule has 0 heterocycles. The minimum absolute atomic E-state index is 0. The summed E-state index contributed by atoms with van der Waals surface area (Å²) in [5.41, 5.74) is 0. The van der Waals surface area contributed by atoms with Crippen LogP contribution in [0.2, 0.25) is 0 Å². The molecule has 7 heteroatoms. The molecule has 0 aliphatic rings. The van der Waals surface area contributed by atoms with Gasteiger partial charge in [-0.1, -0.05) is 64.7 Å². The average Bonchev–Trinajstić information content (AvgIpc) is 2.50. The van der Waals surface area contributed by atoms with Gasteiger partial charge in [-0.3, -0.25) is 0 Å². The quantitative estimate of drug-likeness (QED) is 0.190. The number of carbonyl (C=O) groups is 2. The van der Waals surface area contributed by atoms with Crippen molar-refractivity contribution in [2.24, 2.45) is 0 Å². The van der Waals surface area contributed by atoms with E-state index < -0.39 is 11.9 Å². The van der Waals surface area contributed by atoms with E-state index in [0.717, 1.165) is 19.4 Å². The van der Waals surface area contributed by atoms with Crippen LogP contribution < -0.4 is 69.3 Å². The molecule has 0 aliphatic carbocycles. The van der Waals surface area contributed by atoms with Crippen LogP contribution in [-0.4, -0.2) is 36.5 Å². The first-order valence-electron chi connectivity index (χ1n) is 9.18. The maximum Gasteiger partial charge on any atom is 1.00 e. The van der Waals surface area contributed by atoms with Crippen molar-refractivity contribution in [1.29, 1.82) is 0 Å². The van der Waals surface area contributed by atoms with Gasteiger partial charge in [-0.05, 0) is 25.8 Å². The summed E-state index contributed by atoms with van der Waals surface area (Å²) >= 11 is 0. The van der Waals surface area contributed by atoms with E-state index in [1.807, 2.05) is 4.90 Å². The zero-order valence-electron chi connectivity index (χ0n) is 16.7. The Morgan fingerprint density at radius 2 is 1.00 bits per heavy atom. The summed E-state index contributed by atoms with van der Waals surface area (Å²) in [4.78, 5) is 22.9. The fraction of sp³-hybridized carbons (Fsp3) is 0.889. The van der Waals surface area contributed by atoms with Crippen molar-refractivity contribution >= 4 is 11.9 Å². The third-order valence-electron chi connectivity index (χ3n) is 4.09. The summed E-state index contributed by atoms with van der Waals surface area (Å²) in [6, 6.07) is 0. The van der Waals surface area contributed by atoms with Gasteiger partial charge in [0, 0.05) is 25.0 Å². The van der Waals surface area contributed by atoms with Gasteiger partial charge in [0.1, 0.15) is 0 Å². The Bertz CT molecular complexity index is 299. The van der Waals surface area contributed by atoms with Gasteiger partial charge in [-0.25, -0.2) is 0 Å². The van der Waals surface area contributed by atoms with Gasteiger partial charge in [0.25, 0.3) is 0 Å². The van der Waals surface area contributed by atoms with Crippen molar-refractivity contribution in [2.45, 2.75) is 84.0 Å². The van der Waals surface area contributed by atoms with E-state index >= 15 is 0 Å². The second-order valence-electron chi connectivity index (χ2n) is 6.27. The Balaban J connectivity index is -0.00000242. The summed E-state index contributed by atoms with van der Waals surface area (Å²) in [6.07, 6.45) is 12.4. The van der Waals surface area contributed by atoms with Crippen molar-refractivity contribution in [3.63, 3.8) is 0 Å². The number of hydrogen-bond donors (Lipinski definition) is 0. The predicted molar refractivity (Wildman–Crippen MR) is 87.5 cm³/mol. The van der Waals surface area contributed by atoms with E-state index in [1.165, 1.54) is 51.4 Å². The van der Waals surface area contributed by atoms with Gasteiger partial charge in [0.2, 0.25) is 0 Å². The molecular weight excluding hydrogens is 340 g/mol. The molecule has 5 nitrogen and oxygen atoms in total. The van der Waals surface area contributed by atoms with Crippen LogP contribution in [0.25, 0.3) is 0 Å². The standard InChI is InChI=1S/C18H35NO4.2Na/c1-2-3-4-5-6-7-8-9-10-11-14-19(15-12-17(20)21)16-13-18(22)23;;/h2-16H2,1H3,(H,20,21)(H,22,23);;/q;2*+1/p-2. The van der Waals surface area contributed by atoms with Crippen molar-refractivity contribution in [1.82, 2.24) is 4.90 Å². The topological polar surface area (TPSA) is 83.5 Å². The molecule has 0 aromatic carbocycles. The fourth-order valence-corrected chi connectivity index (χ4v) is 2.66. The zero-order valence-corrected chi connectivity index (χ0v) is 20.7. The van der Waals surface area contributed by atoms with Gasteiger partial charge in [0.15, 0.2) is 0 Å². The normalized spacial score (nSPS) is 10.2. The number of nitrogens with zero attached hydrogens (tertiary/aromatic N) is 1. The van der Waals surface area contributed by atoms with Crippen LogP contribution in [0.4, 0.5) is 0 Å². The van der Waals surface area contributed by atoms with E-state index in [-0.39, 0.29) is 72.0 Å². The van der Waals surface area contributed by atoms with Crippen LogP contribution in [0.15, 0.2) is 0 Å². The van der Waals surface area contributed by atoms with E-state index in [0.29, 0.717) is 13.1 Å². The molecule has 0 bridgehead atoms. The SMILES string of the molecule is CCCCCCCCCCCCN(CCC(=O)[O-])CCC(=O)[O-].[Na+].[Na+]. The second-order valence-corrected chi connectivity index (χ2v) is 6.27. The largest absolute Gasteiger partial charge is 1.00 e. The van der Waals surface area contributed by atoms with Crippen molar-refractivity contribution in [3.05, 3.63) is 0 Å². The Kier molecular flexibility index (Phi) is 28.1. The number of carbonyl (C=O) groups excluding carboxylic acids is 2. The van der Waals surface area contributed by atoms with Gasteiger partial charge >= 0.3 is 59.1 Å². The number of carboxylic acids is 2. The fourth-order valence-electron chi connectivity index (χ4n) is 2.66. The first-order valence-corrected chi connectivity index (χ1v) is 9.18. The minimum Gasteiger partial charge on any atom is -0.550 e. The number of aliphatic carboxylic acids is 2. The molecule has 0 N–H and O–H groups in total. The molecule has 0 aromatic heterocycles. The van der Waals surface area contributed by atoms with Gasteiger partial charge in [0.05, 0.1) is 0 Å². The van der Waals surface area contributed by atoms with Gasteiger partial charge < -0.3 is 24.7 Å². The maximum atomic E-state index is 10.5. The second kappa shape index (κ2) is 22.9. The van der Waals surface area contributed by atoms with E-state index in [1.54, 1.807) is 0 Å². The molecule has 0 amide bonds. The smallest absolute Gasteiger partial charge is 0.550 e. The minimum atomic E-state index is -1.09. The Hall–Kier alpha value is 0.900. The average molecular weight is 373 g/mol. The molecule has 0 saturated heterocycles. The third-order valence-corrected chi connectivity index (χ3v) is 4.09. The summed E-state index contributed by atoms with van der Waals surface area (Å²) in [5, 5.41) is 21.0. The molecule has 0 radical (unpaired) electrons. The summed E-state index contributed by atoms with van der Waals surface area (Å²) in [7, 11) is 0. The summed E-state index contributed by atoms with van der Waals surface area (Å²) < 4.78 is 0. The van der Waals surface area contributed by atoms with Crippen LogP contribution in [0.5, 0.6) is 0 Å². The maximum absolute atomic E-state index is 10.5. The first kappa shape index (κ1) is 30.6. The molecular formula is C18H33NNa2O4. The Labute approximate surface area is 197 Å². The Morgan fingerprint density at radius 3 is 1.36 bits per heavy atom. The third kappa shape index (κ3) is 24.9. The van der Waals surface area contributed by atoms with E-state index in [9.17, 15) is 19.8 Å². The van der Waals surface area contributed by atoms with Crippen LogP contribution in [0, 0.1) is 0 Å². The number of rotatable bonds is 17. The summed E-state index contributed by atoms with van der Waals surface area (Å²) in [5.74, 6) is -2.18. The molecule has 0 aliphatic heterocycles. The van der Waals surface area contributed by atoms with Crippen LogP contribution >= 0.6 is 0 Å². The molecule has 136 valence electrons. The molecule has 0 rings (SSSR count). The number of hydrogen-bond acceptors (Lipinski definition) is 5.